The summed E-state index contributed by atoms with van der Waals surface area (Å²) in [6, 6.07) is 9.36. The second-order valence-corrected chi connectivity index (χ2v) is 14.0. The van der Waals surface area contributed by atoms with E-state index in [2.05, 4.69) is 24.5 Å². The van der Waals surface area contributed by atoms with Gasteiger partial charge in [-0.15, -0.1) is 0 Å². The molecule has 1 aliphatic carbocycles. The molecule has 1 aromatic carbocycles. The van der Waals surface area contributed by atoms with Gasteiger partial charge in [0.1, 0.15) is 17.9 Å². The van der Waals surface area contributed by atoms with Gasteiger partial charge in [-0.25, -0.2) is 9.59 Å². The third-order valence-electron chi connectivity index (χ3n) is 8.43. The third kappa shape index (κ3) is 11.0. The summed E-state index contributed by atoms with van der Waals surface area (Å²) in [6.45, 7) is 14.6. The van der Waals surface area contributed by atoms with Gasteiger partial charge in [-0.2, -0.15) is 0 Å². The lowest BCUT2D eigenvalue weighted by Gasteiger charge is -2.37. The summed E-state index contributed by atoms with van der Waals surface area (Å²) in [4.78, 5) is 40.7. The number of nitrogens with zero attached hydrogens (tertiary/aromatic N) is 1. The highest BCUT2D eigenvalue weighted by atomic mass is 16.6. The molecule has 43 heavy (non-hydrogen) atoms. The van der Waals surface area contributed by atoms with E-state index in [4.69, 9.17) is 14.2 Å². The molecule has 9 heteroatoms. The Morgan fingerprint density at radius 1 is 1.02 bits per heavy atom. The minimum atomic E-state index is -0.842. The van der Waals surface area contributed by atoms with Gasteiger partial charge in [0.25, 0.3) is 0 Å². The zero-order valence-electron chi connectivity index (χ0n) is 27.4. The molecule has 0 spiro atoms. The maximum Gasteiger partial charge on any atom is 0.412 e. The first-order chi connectivity index (χ1) is 20.3. The van der Waals surface area contributed by atoms with Crippen LogP contribution in [0.1, 0.15) is 105 Å². The molecule has 3 atom stereocenters. The third-order valence-corrected chi connectivity index (χ3v) is 8.43. The van der Waals surface area contributed by atoms with Crippen molar-refractivity contribution in [3.05, 3.63) is 35.9 Å². The summed E-state index contributed by atoms with van der Waals surface area (Å²) >= 11 is 0. The predicted octanol–water partition coefficient (Wildman–Crippen LogP) is 6.79. The molecule has 1 unspecified atom stereocenters. The second-order valence-electron chi connectivity index (χ2n) is 14.0. The number of rotatable bonds is 12. The standard InChI is InChI=1S/C34H55N3O6/c1-24(2)27(30(38)35-19-14-20-36-31(39)41-23-26-17-12-9-13-18-26)22-29-28(21-25-15-10-8-11-16-25)37(34(6,7)42-29)32(40)43-33(3,4)5/h9,12-13,17-18,24-25,27-29H,8,10-11,14-16,19-23H2,1-7H3,(H,35,38)(H,36,39)/t27-,28-,29?/m0/s1. The van der Waals surface area contributed by atoms with E-state index in [1.165, 1.54) is 19.3 Å². The zero-order chi connectivity index (χ0) is 31.6. The van der Waals surface area contributed by atoms with Crippen molar-refractivity contribution in [1.82, 2.24) is 15.5 Å². The van der Waals surface area contributed by atoms with E-state index in [0.717, 1.165) is 24.8 Å². The highest BCUT2D eigenvalue weighted by molar-refractivity contribution is 5.79. The quantitative estimate of drug-likeness (QED) is 0.256. The Labute approximate surface area is 258 Å². The molecule has 0 aromatic heterocycles. The average Bonchev–Trinajstić information content (AvgIpc) is 3.18. The van der Waals surface area contributed by atoms with Crippen LogP contribution in [-0.4, -0.2) is 59.6 Å². The van der Waals surface area contributed by atoms with Crippen LogP contribution >= 0.6 is 0 Å². The van der Waals surface area contributed by atoms with Gasteiger partial charge in [0, 0.05) is 19.0 Å². The van der Waals surface area contributed by atoms with E-state index in [9.17, 15) is 14.4 Å². The van der Waals surface area contributed by atoms with Crippen LogP contribution in [0.2, 0.25) is 0 Å². The molecule has 9 nitrogen and oxygen atoms in total. The molecular formula is C34H55N3O6. The Hall–Kier alpha value is -2.81. The number of alkyl carbamates (subject to hydrolysis) is 1. The van der Waals surface area contributed by atoms with Crippen molar-refractivity contribution in [2.75, 3.05) is 13.1 Å². The number of ether oxygens (including phenoxy) is 3. The van der Waals surface area contributed by atoms with Crippen LogP contribution in [0.25, 0.3) is 0 Å². The van der Waals surface area contributed by atoms with Crippen molar-refractivity contribution in [1.29, 1.82) is 0 Å². The Balaban J connectivity index is 1.57. The maximum atomic E-state index is 13.5. The fourth-order valence-electron chi connectivity index (χ4n) is 6.29. The summed E-state index contributed by atoms with van der Waals surface area (Å²) in [6.07, 6.45) is 6.87. The van der Waals surface area contributed by atoms with Crippen molar-refractivity contribution in [2.24, 2.45) is 17.8 Å². The van der Waals surface area contributed by atoms with Crippen LogP contribution in [0.5, 0.6) is 0 Å². The molecule has 0 radical (unpaired) electrons. The van der Waals surface area contributed by atoms with Crippen molar-refractivity contribution in [3.8, 4) is 0 Å². The van der Waals surface area contributed by atoms with Crippen LogP contribution in [0.15, 0.2) is 30.3 Å². The minimum Gasteiger partial charge on any atom is -0.445 e. The summed E-state index contributed by atoms with van der Waals surface area (Å²) in [7, 11) is 0. The largest absolute Gasteiger partial charge is 0.445 e. The van der Waals surface area contributed by atoms with Crippen LogP contribution < -0.4 is 10.6 Å². The number of amides is 3. The summed E-state index contributed by atoms with van der Waals surface area (Å²) in [5.74, 6) is 0.304. The highest BCUT2D eigenvalue weighted by Crippen LogP contribution is 2.41. The van der Waals surface area contributed by atoms with E-state index in [1.54, 1.807) is 4.90 Å². The van der Waals surface area contributed by atoms with Gasteiger partial charge in [-0.3, -0.25) is 9.69 Å². The molecule has 2 N–H and O–H groups in total. The number of benzene rings is 1. The Kier molecular flexibility index (Phi) is 12.7. The number of carbonyl (C=O) groups is 3. The van der Waals surface area contributed by atoms with E-state index >= 15 is 0 Å². The monoisotopic (exact) mass is 601 g/mol. The van der Waals surface area contributed by atoms with Gasteiger partial charge >= 0.3 is 12.2 Å². The summed E-state index contributed by atoms with van der Waals surface area (Å²) in [5.41, 5.74) is -0.533. The maximum absolute atomic E-state index is 13.5. The van der Waals surface area contributed by atoms with Crippen molar-refractivity contribution >= 4 is 18.1 Å². The van der Waals surface area contributed by atoms with Gasteiger partial charge in [0.2, 0.25) is 5.91 Å². The summed E-state index contributed by atoms with van der Waals surface area (Å²) < 4.78 is 17.7. The minimum absolute atomic E-state index is 0.0322. The van der Waals surface area contributed by atoms with Crippen molar-refractivity contribution in [3.63, 3.8) is 0 Å². The molecule has 2 aliphatic rings. The van der Waals surface area contributed by atoms with Gasteiger partial charge in [-0.1, -0.05) is 76.3 Å². The SMILES string of the molecule is CC(C)[C@H](CC1OC(C)(C)N(C(=O)OC(C)(C)C)[C@H]1CC1CCCCC1)C(=O)NCCCNC(=O)OCc1ccccc1. The Morgan fingerprint density at radius 2 is 1.67 bits per heavy atom. The van der Waals surface area contributed by atoms with Crippen LogP contribution in [0.4, 0.5) is 9.59 Å². The van der Waals surface area contributed by atoms with Crippen LogP contribution in [0.3, 0.4) is 0 Å². The molecule has 1 aliphatic heterocycles. The molecular weight excluding hydrogens is 546 g/mol. The van der Waals surface area contributed by atoms with Gasteiger partial charge in [-0.05, 0) is 71.3 Å². The predicted molar refractivity (Wildman–Crippen MR) is 167 cm³/mol. The van der Waals surface area contributed by atoms with Crippen molar-refractivity contribution in [2.45, 2.75) is 130 Å². The summed E-state index contributed by atoms with van der Waals surface area (Å²) in [5, 5.41) is 5.80. The number of hydrogen-bond donors (Lipinski definition) is 2. The van der Waals surface area contributed by atoms with E-state index in [1.807, 2.05) is 65.0 Å². The topological polar surface area (TPSA) is 106 Å². The lowest BCUT2D eigenvalue weighted by molar-refractivity contribution is -0.129. The molecule has 1 heterocycles. The normalized spacial score (nSPS) is 21.3. The van der Waals surface area contributed by atoms with Crippen LogP contribution in [0, 0.1) is 17.8 Å². The van der Waals surface area contributed by atoms with Gasteiger partial charge in [0.05, 0.1) is 12.1 Å². The lowest BCUT2D eigenvalue weighted by Crippen LogP contribution is -2.51. The first kappa shape index (κ1) is 34.7. The molecule has 1 saturated carbocycles. The highest BCUT2D eigenvalue weighted by Gasteiger charge is 2.52. The molecule has 3 rings (SSSR count). The molecule has 242 valence electrons. The first-order valence-electron chi connectivity index (χ1n) is 16.2. The molecule has 1 saturated heterocycles. The Morgan fingerprint density at radius 3 is 2.30 bits per heavy atom. The zero-order valence-corrected chi connectivity index (χ0v) is 27.4. The number of carbonyl (C=O) groups excluding carboxylic acids is 3. The fraction of sp³-hybridized carbons (Fsp3) is 0.735. The fourth-order valence-corrected chi connectivity index (χ4v) is 6.29. The van der Waals surface area contributed by atoms with Crippen LogP contribution in [-0.2, 0) is 25.6 Å². The number of hydrogen-bond acceptors (Lipinski definition) is 6. The smallest absolute Gasteiger partial charge is 0.412 e. The molecule has 0 bridgehead atoms. The average molecular weight is 602 g/mol. The van der Waals surface area contributed by atoms with E-state index in [-0.39, 0.29) is 42.6 Å². The van der Waals surface area contributed by atoms with E-state index in [0.29, 0.717) is 31.8 Å². The Bertz CT molecular complexity index is 1030. The van der Waals surface area contributed by atoms with Gasteiger partial charge in [0.15, 0.2) is 0 Å². The number of nitrogens with one attached hydrogen (secondary N) is 2. The van der Waals surface area contributed by atoms with Gasteiger partial charge < -0.3 is 24.8 Å². The lowest BCUT2D eigenvalue weighted by atomic mass is 9.81. The molecule has 1 aromatic rings. The second kappa shape index (κ2) is 15.8. The molecule has 2 fully saturated rings. The first-order valence-corrected chi connectivity index (χ1v) is 16.2. The van der Waals surface area contributed by atoms with E-state index < -0.39 is 17.4 Å². The molecule has 3 amide bonds. The van der Waals surface area contributed by atoms with Crippen molar-refractivity contribution < 1.29 is 28.6 Å².